The zero-order valence-electron chi connectivity index (χ0n) is 9.70. The smallest absolute Gasteiger partial charge is 0.0184 e. The topological polar surface area (TPSA) is 0 Å². The maximum absolute atomic E-state index is 2.16. The van der Waals surface area contributed by atoms with Gasteiger partial charge in [0.15, 0.2) is 0 Å². The molecular weight excluding hydrogens is 180 g/mol. The molecule has 78 valence electrons. The number of allylic oxidation sites excluding steroid dienone is 6. The van der Waals surface area contributed by atoms with Crippen molar-refractivity contribution < 1.29 is 0 Å². The molecule has 1 aromatic rings. The van der Waals surface area contributed by atoms with Gasteiger partial charge in [-0.2, -0.15) is 0 Å². The van der Waals surface area contributed by atoms with Crippen LogP contribution < -0.4 is 0 Å². The minimum atomic E-state index is 1.25. The monoisotopic (exact) mass is 198 g/mol. The normalized spacial score (nSPS) is 11.8. The van der Waals surface area contributed by atoms with Crippen LogP contribution in [0.5, 0.6) is 0 Å². The van der Waals surface area contributed by atoms with E-state index in [0.717, 1.165) is 0 Å². The molecule has 0 spiro atoms. The number of rotatable bonds is 3. The van der Waals surface area contributed by atoms with E-state index in [1.54, 1.807) is 0 Å². The van der Waals surface area contributed by atoms with Gasteiger partial charge in [0.2, 0.25) is 0 Å². The van der Waals surface area contributed by atoms with Crippen LogP contribution in [-0.2, 0) is 0 Å². The summed E-state index contributed by atoms with van der Waals surface area (Å²) in [5.41, 5.74) is 3.82. The van der Waals surface area contributed by atoms with Crippen molar-refractivity contribution >= 4 is 5.57 Å². The molecule has 0 N–H and O–H groups in total. The molecule has 1 rings (SSSR count). The van der Waals surface area contributed by atoms with E-state index in [1.807, 2.05) is 13.0 Å². The molecule has 0 unspecified atom stereocenters. The SMILES string of the molecule is C/C=C\C(=C/C=C(C)C)c1ccccc1. The Kier molecular flexibility index (Phi) is 4.62. The number of benzene rings is 1. The molecule has 0 amide bonds. The van der Waals surface area contributed by atoms with Crippen LogP contribution in [0.2, 0.25) is 0 Å². The lowest BCUT2D eigenvalue weighted by Gasteiger charge is -2.00. The summed E-state index contributed by atoms with van der Waals surface area (Å²) >= 11 is 0. The molecule has 0 aliphatic heterocycles. The second kappa shape index (κ2) is 6.02. The van der Waals surface area contributed by atoms with Crippen molar-refractivity contribution in [3.05, 3.63) is 65.8 Å². The molecule has 0 fully saturated rings. The van der Waals surface area contributed by atoms with Gasteiger partial charge >= 0.3 is 0 Å². The highest BCUT2D eigenvalue weighted by Crippen LogP contribution is 2.15. The highest BCUT2D eigenvalue weighted by molar-refractivity contribution is 5.75. The van der Waals surface area contributed by atoms with Gasteiger partial charge in [-0.1, -0.05) is 60.2 Å². The van der Waals surface area contributed by atoms with Crippen LogP contribution in [-0.4, -0.2) is 0 Å². The summed E-state index contributed by atoms with van der Waals surface area (Å²) in [6, 6.07) is 10.4. The third-order valence-corrected chi connectivity index (χ3v) is 2.05. The highest BCUT2D eigenvalue weighted by atomic mass is 14.0. The minimum absolute atomic E-state index is 1.25. The second-order valence-electron chi connectivity index (χ2n) is 3.73. The molecule has 0 aliphatic carbocycles. The fraction of sp³-hybridized carbons (Fsp3) is 0.200. The van der Waals surface area contributed by atoms with Crippen LogP contribution >= 0.6 is 0 Å². The zero-order valence-corrected chi connectivity index (χ0v) is 9.70. The van der Waals surface area contributed by atoms with Crippen molar-refractivity contribution in [2.24, 2.45) is 0 Å². The predicted molar refractivity (Wildman–Crippen MR) is 68.7 cm³/mol. The second-order valence-corrected chi connectivity index (χ2v) is 3.73. The first-order valence-corrected chi connectivity index (χ1v) is 5.27. The molecule has 0 aromatic heterocycles. The molecule has 0 aliphatic rings. The van der Waals surface area contributed by atoms with E-state index < -0.39 is 0 Å². The zero-order chi connectivity index (χ0) is 11.1. The van der Waals surface area contributed by atoms with Gasteiger partial charge in [-0.05, 0) is 31.9 Å². The van der Waals surface area contributed by atoms with E-state index in [9.17, 15) is 0 Å². The van der Waals surface area contributed by atoms with Gasteiger partial charge in [0.05, 0.1) is 0 Å². The van der Waals surface area contributed by atoms with E-state index >= 15 is 0 Å². The van der Waals surface area contributed by atoms with Gasteiger partial charge in [-0.3, -0.25) is 0 Å². The summed E-state index contributed by atoms with van der Waals surface area (Å²) in [6.45, 7) is 6.25. The molecule has 1 aromatic carbocycles. The Morgan fingerprint density at radius 2 is 1.67 bits per heavy atom. The Morgan fingerprint density at radius 3 is 2.20 bits per heavy atom. The van der Waals surface area contributed by atoms with Crippen LogP contribution in [0.25, 0.3) is 5.57 Å². The summed E-state index contributed by atoms with van der Waals surface area (Å²) in [5.74, 6) is 0. The lowest BCUT2D eigenvalue weighted by atomic mass is 10.0. The van der Waals surface area contributed by atoms with Gasteiger partial charge in [0, 0.05) is 0 Å². The Labute approximate surface area is 92.6 Å². The fourth-order valence-electron chi connectivity index (χ4n) is 1.31. The van der Waals surface area contributed by atoms with Crippen LogP contribution in [0.4, 0.5) is 0 Å². The molecule has 0 nitrogen and oxygen atoms in total. The van der Waals surface area contributed by atoms with Crippen LogP contribution in [0, 0.1) is 0 Å². The van der Waals surface area contributed by atoms with Gasteiger partial charge in [0.1, 0.15) is 0 Å². The fourth-order valence-corrected chi connectivity index (χ4v) is 1.31. The standard InChI is InChI=1S/C15H18/c1-4-8-14(12-11-13(2)3)15-9-6-5-7-10-15/h4-12H,1-3H3/b8-4-,14-12+. The molecular formula is C15H18. The van der Waals surface area contributed by atoms with Crippen molar-refractivity contribution in [2.45, 2.75) is 20.8 Å². The van der Waals surface area contributed by atoms with Crippen LogP contribution in [0.1, 0.15) is 26.3 Å². The van der Waals surface area contributed by atoms with Gasteiger partial charge in [-0.25, -0.2) is 0 Å². The minimum Gasteiger partial charge on any atom is -0.0870 e. The van der Waals surface area contributed by atoms with E-state index in [0.29, 0.717) is 0 Å². The summed E-state index contributed by atoms with van der Waals surface area (Å²) in [6.07, 6.45) is 8.50. The third-order valence-electron chi connectivity index (χ3n) is 2.05. The molecule has 15 heavy (non-hydrogen) atoms. The number of hydrogen-bond donors (Lipinski definition) is 0. The van der Waals surface area contributed by atoms with Crippen molar-refractivity contribution in [1.29, 1.82) is 0 Å². The van der Waals surface area contributed by atoms with Crippen LogP contribution in [0.15, 0.2) is 60.2 Å². The lowest BCUT2D eigenvalue weighted by molar-refractivity contribution is 1.39. The predicted octanol–water partition coefficient (Wildman–Crippen LogP) is 4.61. The summed E-state index contributed by atoms with van der Waals surface area (Å²) in [4.78, 5) is 0. The third kappa shape index (κ3) is 3.99. The van der Waals surface area contributed by atoms with Gasteiger partial charge in [-0.15, -0.1) is 0 Å². The first kappa shape index (κ1) is 11.5. The van der Waals surface area contributed by atoms with Crippen molar-refractivity contribution in [2.75, 3.05) is 0 Å². The van der Waals surface area contributed by atoms with E-state index in [2.05, 4.69) is 62.4 Å². The summed E-state index contributed by atoms with van der Waals surface area (Å²) in [7, 11) is 0. The molecule has 0 radical (unpaired) electrons. The molecule has 0 saturated heterocycles. The first-order chi connectivity index (χ1) is 7.24. The highest BCUT2D eigenvalue weighted by Gasteiger charge is 1.93. The number of hydrogen-bond acceptors (Lipinski definition) is 0. The van der Waals surface area contributed by atoms with E-state index in [4.69, 9.17) is 0 Å². The lowest BCUT2D eigenvalue weighted by Crippen LogP contribution is -1.79. The molecule has 0 bridgehead atoms. The maximum Gasteiger partial charge on any atom is -0.0184 e. The Morgan fingerprint density at radius 1 is 1.00 bits per heavy atom. The van der Waals surface area contributed by atoms with Crippen LogP contribution in [0.3, 0.4) is 0 Å². The Bertz CT molecular complexity index is 374. The van der Waals surface area contributed by atoms with Crippen molar-refractivity contribution in [3.63, 3.8) is 0 Å². The van der Waals surface area contributed by atoms with E-state index in [-0.39, 0.29) is 0 Å². The molecule has 0 heteroatoms. The van der Waals surface area contributed by atoms with Crippen molar-refractivity contribution in [1.82, 2.24) is 0 Å². The average molecular weight is 198 g/mol. The Hall–Kier alpha value is -1.56. The van der Waals surface area contributed by atoms with Gasteiger partial charge < -0.3 is 0 Å². The first-order valence-electron chi connectivity index (χ1n) is 5.27. The summed E-state index contributed by atoms with van der Waals surface area (Å²) < 4.78 is 0. The molecule has 0 heterocycles. The largest absolute Gasteiger partial charge is 0.0870 e. The summed E-state index contributed by atoms with van der Waals surface area (Å²) in [5, 5.41) is 0. The quantitative estimate of drug-likeness (QED) is 0.622. The van der Waals surface area contributed by atoms with E-state index in [1.165, 1.54) is 16.7 Å². The molecule has 0 atom stereocenters. The average Bonchev–Trinajstić information content (AvgIpc) is 2.25. The molecule has 0 saturated carbocycles. The van der Waals surface area contributed by atoms with Crippen molar-refractivity contribution in [3.8, 4) is 0 Å². The Balaban J connectivity index is 3.04. The van der Waals surface area contributed by atoms with Gasteiger partial charge in [0.25, 0.3) is 0 Å². The maximum atomic E-state index is 2.16.